The molecule has 3 saturated heterocycles. The number of hydrogen-bond donors (Lipinski definition) is 9. The quantitative estimate of drug-likeness (QED) is 0.118. The van der Waals surface area contributed by atoms with Crippen LogP contribution in [0.2, 0.25) is 0 Å². The van der Waals surface area contributed by atoms with E-state index in [1.807, 2.05) is 25.1 Å². The summed E-state index contributed by atoms with van der Waals surface area (Å²) in [6, 6.07) is 8.61. The van der Waals surface area contributed by atoms with Crippen molar-refractivity contribution in [2.45, 2.75) is 144 Å². The zero-order valence-corrected chi connectivity index (χ0v) is 42.6. The van der Waals surface area contributed by atoms with Crippen LogP contribution in [0.3, 0.4) is 0 Å². The van der Waals surface area contributed by atoms with E-state index in [9.17, 15) is 40.5 Å². The van der Waals surface area contributed by atoms with Crippen LogP contribution in [-0.2, 0) is 24.7 Å². The third-order valence-electron chi connectivity index (χ3n) is 18.5. The first kappa shape index (κ1) is 52.8. The number of allylic oxidation sites excluding steroid dienone is 1. The molecular formula is C51H69NO19S. The van der Waals surface area contributed by atoms with E-state index < -0.39 is 91.3 Å². The van der Waals surface area contributed by atoms with Crippen molar-refractivity contribution in [1.82, 2.24) is 4.90 Å². The summed E-state index contributed by atoms with van der Waals surface area (Å²) in [6.07, 6.45) is 4.19. The van der Waals surface area contributed by atoms with Gasteiger partial charge in [-0.25, -0.2) is 4.79 Å². The van der Waals surface area contributed by atoms with Gasteiger partial charge in [0, 0.05) is 89.5 Å². The summed E-state index contributed by atoms with van der Waals surface area (Å²) in [5.74, 6) is -2.71. The lowest BCUT2D eigenvalue weighted by Crippen LogP contribution is -2.85. The Morgan fingerprint density at radius 1 is 0.847 bits per heavy atom. The number of fused-ring (bicyclic) bond motifs is 9. The molecule has 4 saturated carbocycles. The minimum atomic E-state index is -4.67. The molecule has 2 aromatic carbocycles. The number of ether oxygens (including phenoxy) is 7. The Balaban J connectivity index is 0.000000180. The van der Waals surface area contributed by atoms with Crippen LogP contribution in [0.25, 0.3) is 11.6 Å². The molecule has 398 valence electrons. The summed E-state index contributed by atoms with van der Waals surface area (Å²) >= 11 is 0. The van der Waals surface area contributed by atoms with E-state index in [2.05, 4.69) is 11.8 Å². The molecule has 5 heterocycles. The molecule has 72 heavy (non-hydrogen) atoms. The van der Waals surface area contributed by atoms with Gasteiger partial charge in [-0.3, -0.25) is 14.0 Å². The minimum Gasteiger partial charge on any atom is -0.497 e. The van der Waals surface area contributed by atoms with Crippen molar-refractivity contribution in [3.63, 3.8) is 0 Å². The molecule has 0 amide bonds. The van der Waals surface area contributed by atoms with Crippen molar-refractivity contribution in [1.29, 1.82) is 0 Å². The zero-order valence-electron chi connectivity index (χ0n) is 41.8. The van der Waals surface area contributed by atoms with Crippen LogP contribution < -0.4 is 23.7 Å². The maximum atomic E-state index is 12.9. The summed E-state index contributed by atoms with van der Waals surface area (Å²) in [5, 5.41) is 85.0. The lowest BCUT2D eigenvalue weighted by Gasteiger charge is -2.68. The van der Waals surface area contributed by atoms with E-state index in [1.165, 1.54) is 0 Å². The highest BCUT2D eigenvalue weighted by Gasteiger charge is 2.89. The smallest absolute Gasteiger partial charge is 0.394 e. The number of nitrogens with zero attached hydrogens (tertiary/aromatic N) is 1. The first-order valence-corrected chi connectivity index (χ1v) is 25.9. The van der Waals surface area contributed by atoms with Gasteiger partial charge in [0.25, 0.3) is 5.79 Å². The van der Waals surface area contributed by atoms with Crippen molar-refractivity contribution >= 4 is 28.0 Å². The Morgan fingerprint density at radius 2 is 1.51 bits per heavy atom. The van der Waals surface area contributed by atoms with Gasteiger partial charge in [-0.15, -0.1) is 0 Å². The Bertz CT molecular complexity index is 2670. The zero-order chi connectivity index (χ0) is 52.6. The minimum absolute atomic E-state index is 0.0298. The molecule has 21 heteroatoms. The van der Waals surface area contributed by atoms with Crippen molar-refractivity contribution in [3.05, 3.63) is 53.1 Å². The predicted octanol–water partition coefficient (Wildman–Crippen LogP) is 3.06. The Labute approximate surface area is 418 Å². The number of carbonyl (C=O) groups excluding carboxylic acids is 1. The Kier molecular flexibility index (Phi) is 12.8. The summed E-state index contributed by atoms with van der Waals surface area (Å²) in [4.78, 5) is 14.9. The topological polar surface area (TPSA) is 301 Å². The highest BCUT2D eigenvalue weighted by Crippen LogP contribution is 2.78. The van der Waals surface area contributed by atoms with Crippen LogP contribution in [0.1, 0.15) is 97.1 Å². The molecule has 5 aliphatic heterocycles. The van der Waals surface area contributed by atoms with Crippen LogP contribution in [0, 0.1) is 29.1 Å². The van der Waals surface area contributed by atoms with Gasteiger partial charge in [-0.1, -0.05) is 19.9 Å². The molecular weight excluding hydrogens is 963 g/mol. The Hall–Kier alpha value is -4.10. The van der Waals surface area contributed by atoms with Crippen molar-refractivity contribution < 1.29 is 91.2 Å². The summed E-state index contributed by atoms with van der Waals surface area (Å²) in [5.41, 5.74) is -6.79. The fourth-order valence-corrected chi connectivity index (χ4v) is 14.9. The third-order valence-corrected chi connectivity index (χ3v) is 18.5. The van der Waals surface area contributed by atoms with Crippen LogP contribution in [0.5, 0.6) is 28.7 Å². The molecule has 2 aromatic rings. The highest BCUT2D eigenvalue weighted by atomic mass is 32.3. The van der Waals surface area contributed by atoms with Crippen molar-refractivity contribution in [3.8, 4) is 28.7 Å². The highest BCUT2D eigenvalue weighted by molar-refractivity contribution is 7.79. The summed E-state index contributed by atoms with van der Waals surface area (Å²) in [6.45, 7) is 10.0. The average molecular weight is 1030 g/mol. The number of aliphatic hydroxyl groups is 7. The molecule has 11 rings (SSSR count). The molecule has 20 nitrogen and oxygen atoms in total. The second-order valence-electron chi connectivity index (χ2n) is 22.0. The number of aliphatic hydroxyl groups excluding tert-OH is 1. The third kappa shape index (κ3) is 7.54. The van der Waals surface area contributed by atoms with Gasteiger partial charge in [0.05, 0.1) is 33.0 Å². The van der Waals surface area contributed by atoms with E-state index in [0.29, 0.717) is 90.0 Å². The monoisotopic (exact) mass is 1030 g/mol. The lowest BCUT2D eigenvalue weighted by molar-refractivity contribution is -0.354. The van der Waals surface area contributed by atoms with Gasteiger partial charge < -0.3 is 68.9 Å². The number of carbonyl (C=O) groups is 1. The molecule has 0 aromatic heterocycles. The molecule has 15 atom stereocenters. The second kappa shape index (κ2) is 17.5. The van der Waals surface area contributed by atoms with Gasteiger partial charge >= 0.3 is 16.4 Å². The van der Waals surface area contributed by atoms with E-state index >= 15 is 0 Å². The fourth-order valence-electron chi connectivity index (χ4n) is 14.9. The molecule has 7 fully saturated rings. The van der Waals surface area contributed by atoms with E-state index in [1.54, 1.807) is 66.4 Å². The second-order valence-corrected chi connectivity index (χ2v) is 22.9. The van der Waals surface area contributed by atoms with Crippen molar-refractivity contribution in [2.75, 3.05) is 41.0 Å². The first-order chi connectivity index (χ1) is 33.5. The number of esters is 1. The van der Waals surface area contributed by atoms with Gasteiger partial charge in [0.2, 0.25) is 5.79 Å². The van der Waals surface area contributed by atoms with E-state index in [4.69, 9.17) is 50.7 Å². The molecule has 15 unspecified atom stereocenters. The fraction of sp³-hybridized carbons (Fsp3) is 0.667. The summed E-state index contributed by atoms with van der Waals surface area (Å²) < 4.78 is 71.7. The largest absolute Gasteiger partial charge is 0.497 e. The Morgan fingerprint density at radius 3 is 2.17 bits per heavy atom. The van der Waals surface area contributed by atoms with Crippen LogP contribution in [0.4, 0.5) is 0 Å². The molecule has 9 N–H and O–H groups in total. The standard InChI is InChI=1S/C32H49NO9.C19H18O6.H2O4S/c1-6-18(3)25(35)41-24-11-12-26(4)19-8-9-20-28(37)13-23(34)31(39)21(29(28,38)16-30(20,26)42-32(19,24)40)15-33-14-17(2)7-10-22(33)27(31,5)36;1-21-12-5-4-11-6-14-13-8-17(22-2)18(23-3)9-16(13)24-10-19(14,20)25-15(11)7-12;1-5(2,3)4/h6,17,19-24,34,36-40H,7-16H2,1-5H3;4-9,20H,10H2,1-3H3;(H2,1,2,3,4). The van der Waals surface area contributed by atoms with E-state index in [-0.39, 0.29) is 32.0 Å². The van der Waals surface area contributed by atoms with Gasteiger partial charge in [0.15, 0.2) is 24.2 Å². The summed E-state index contributed by atoms with van der Waals surface area (Å²) in [7, 11) is 0.0453. The number of methoxy groups -OCH3 is 3. The van der Waals surface area contributed by atoms with Gasteiger partial charge in [-0.2, -0.15) is 8.42 Å². The normalized spacial score (nSPS) is 42.9. The average Bonchev–Trinajstić information content (AvgIpc) is 3.49. The maximum Gasteiger partial charge on any atom is 0.394 e. The van der Waals surface area contributed by atoms with Crippen LogP contribution in [-0.4, -0.2) is 163 Å². The molecule has 0 radical (unpaired) electrons. The first-order valence-electron chi connectivity index (χ1n) is 24.5. The number of benzene rings is 2. The molecule has 1 spiro atoms. The van der Waals surface area contributed by atoms with Crippen LogP contribution in [0.15, 0.2) is 42.0 Å². The lowest BCUT2D eigenvalue weighted by atomic mass is 9.49. The van der Waals surface area contributed by atoms with Crippen LogP contribution >= 0.6 is 0 Å². The molecule has 4 aliphatic carbocycles. The van der Waals surface area contributed by atoms with Gasteiger partial charge in [-0.05, 0) is 89.5 Å². The van der Waals surface area contributed by atoms with Gasteiger partial charge in [0.1, 0.15) is 39.7 Å². The van der Waals surface area contributed by atoms with E-state index in [0.717, 1.165) is 12.0 Å². The predicted molar refractivity (Wildman–Crippen MR) is 255 cm³/mol. The number of hydrogen-bond acceptors (Lipinski definition) is 18. The molecule has 4 bridgehead atoms. The van der Waals surface area contributed by atoms with Crippen molar-refractivity contribution in [2.24, 2.45) is 29.1 Å². The SMILES string of the molecule is CC=C(C)C(=O)OC1CCC2(C)C3CCC4C5(O)CC(O)C6(O)C(CN7CC(C)CCC7C6(C)O)C5(O)CC42OC13O.COc1ccc2c(c1)OC1(O)COc3cc(OC)c(OC)cc3C1=C2.O=S(=O)(O)O. The maximum absolute atomic E-state index is 12.9. The number of rotatable bonds is 5. The number of piperidine rings is 2. The molecule has 9 aliphatic rings.